The number of thiophene rings is 1. The van der Waals surface area contributed by atoms with Gasteiger partial charge in [0.1, 0.15) is 5.01 Å². The molecule has 0 radical (unpaired) electrons. The summed E-state index contributed by atoms with van der Waals surface area (Å²) in [7, 11) is 0. The number of nitrogens with zero attached hydrogens (tertiary/aromatic N) is 4. The molecular formula is C19H21ClN4OS3. The third kappa shape index (κ3) is 4.80. The number of piperazine rings is 1. The van der Waals surface area contributed by atoms with E-state index in [1.54, 1.807) is 22.7 Å². The SMILES string of the molecule is CCc1nc(CN2CCN(C(=O)Cc3csc(-c4ccc(Cl)s4)n3)CC2)cs1. The van der Waals surface area contributed by atoms with Gasteiger partial charge >= 0.3 is 0 Å². The Labute approximate surface area is 181 Å². The van der Waals surface area contributed by atoms with E-state index in [1.165, 1.54) is 16.3 Å². The minimum Gasteiger partial charge on any atom is -0.340 e. The maximum absolute atomic E-state index is 12.7. The number of carbonyl (C=O) groups is 1. The van der Waals surface area contributed by atoms with Gasteiger partial charge in [-0.25, -0.2) is 9.97 Å². The van der Waals surface area contributed by atoms with Crippen molar-refractivity contribution in [2.24, 2.45) is 0 Å². The van der Waals surface area contributed by atoms with Crippen LogP contribution in [-0.4, -0.2) is 51.9 Å². The fourth-order valence-electron chi connectivity index (χ4n) is 3.17. The molecule has 148 valence electrons. The van der Waals surface area contributed by atoms with Crippen LogP contribution in [0.4, 0.5) is 0 Å². The molecule has 28 heavy (non-hydrogen) atoms. The molecule has 0 spiro atoms. The van der Waals surface area contributed by atoms with Crippen LogP contribution in [0.2, 0.25) is 4.34 Å². The van der Waals surface area contributed by atoms with Crippen LogP contribution in [-0.2, 0) is 24.2 Å². The van der Waals surface area contributed by atoms with Gasteiger partial charge in [0, 0.05) is 43.5 Å². The Kier molecular flexibility index (Phi) is 6.42. The molecule has 0 unspecified atom stereocenters. The lowest BCUT2D eigenvalue weighted by molar-refractivity contribution is -0.132. The van der Waals surface area contributed by atoms with Gasteiger partial charge in [-0.3, -0.25) is 9.69 Å². The highest BCUT2D eigenvalue weighted by atomic mass is 35.5. The van der Waals surface area contributed by atoms with Gasteiger partial charge in [0.05, 0.1) is 32.0 Å². The Bertz CT molecular complexity index is 943. The number of thiazole rings is 2. The number of carbonyl (C=O) groups excluding carboxylic acids is 1. The molecule has 3 aromatic rings. The normalized spacial score (nSPS) is 15.3. The summed E-state index contributed by atoms with van der Waals surface area (Å²) in [6.45, 7) is 6.31. The summed E-state index contributed by atoms with van der Waals surface area (Å²) in [4.78, 5) is 27.3. The van der Waals surface area contributed by atoms with E-state index in [0.717, 1.165) is 64.8 Å². The maximum Gasteiger partial charge on any atom is 0.228 e. The highest BCUT2D eigenvalue weighted by molar-refractivity contribution is 7.23. The zero-order chi connectivity index (χ0) is 19.5. The Balaban J connectivity index is 1.28. The zero-order valence-electron chi connectivity index (χ0n) is 15.6. The molecule has 1 fully saturated rings. The summed E-state index contributed by atoms with van der Waals surface area (Å²) in [5, 5.41) is 6.25. The number of amides is 1. The molecule has 3 aromatic heterocycles. The van der Waals surface area contributed by atoms with Crippen LogP contribution in [0.3, 0.4) is 0 Å². The molecule has 0 saturated carbocycles. The molecule has 9 heteroatoms. The number of hydrogen-bond donors (Lipinski definition) is 0. The minimum atomic E-state index is 0.155. The number of rotatable bonds is 6. The van der Waals surface area contributed by atoms with Crippen LogP contribution < -0.4 is 0 Å². The molecule has 0 atom stereocenters. The van der Waals surface area contributed by atoms with Crippen molar-refractivity contribution in [2.45, 2.75) is 26.3 Å². The molecule has 1 aliphatic rings. The van der Waals surface area contributed by atoms with Crippen molar-refractivity contribution in [1.82, 2.24) is 19.8 Å². The minimum absolute atomic E-state index is 0.155. The van der Waals surface area contributed by atoms with E-state index in [-0.39, 0.29) is 5.91 Å². The van der Waals surface area contributed by atoms with Crippen LogP contribution >= 0.6 is 45.6 Å². The van der Waals surface area contributed by atoms with Gasteiger partial charge in [0.15, 0.2) is 0 Å². The van der Waals surface area contributed by atoms with Gasteiger partial charge in [-0.15, -0.1) is 34.0 Å². The molecule has 0 aromatic carbocycles. The van der Waals surface area contributed by atoms with Gasteiger partial charge in [-0.2, -0.15) is 0 Å². The Hall–Kier alpha value is -1.32. The fourth-order valence-corrected chi connectivity index (χ4v) is 5.84. The summed E-state index contributed by atoms with van der Waals surface area (Å²) >= 11 is 10.8. The number of halogens is 1. The van der Waals surface area contributed by atoms with Crippen molar-refractivity contribution in [1.29, 1.82) is 0 Å². The molecule has 0 aliphatic carbocycles. The van der Waals surface area contributed by atoms with E-state index in [4.69, 9.17) is 11.6 Å². The topological polar surface area (TPSA) is 49.3 Å². The Morgan fingerprint density at radius 2 is 1.89 bits per heavy atom. The third-order valence-electron chi connectivity index (χ3n) is 4.68. The molecule has 4 heterocycles. The van der Waals surface area contributed by atoms with E-state index in [2.05, 4.69) is 27.2 Å². The van der Waals surface area contributed by atoms with Crippen LogP contribution in [0.15, 0.2) is 22.9 Å². The second-order valence-corrected chi connectivity index (χ2v) is 10.2. The first-order valence-corrected chi connectivity index (χ1v) is 12.2. The second-order valence-electron chi connectivity index (χ2n) is 6.67. The van der Waals surface area contributed by atoms with Gasteiger partial charge in [-0.1, -0.05) is 18.5 Å². The van der Waals surface area contributed by atoms with E-state index in [0.29, 0.717) is 6.42 Å². The first kappa shape index (κ1) is 20.0. The van der Waals surface area contributed by atoms with Crippen molar-refractivity contribution in [3.8, 4) is 9.88 Å². The first-order chi connectivity index (χ1) is 13.6. The number of hydrogen-bond acceptors (Lipinski definition) is 7. The fraction of sp³-hybridized carbons (Fsp3) is 0.421. The lowest BCUT2D eigenvalue weighted by Gasteiger charge is -2.34. The van der Waals surface area contributed by atoms with Gasteiger partial charge < -0.3 is 4.90 Å². The molecule has 5 nitrogen and oxygen atoms in total. The lowest BCUT2D eigenvalue weighted by atomic mass is 10.2. The molecule has 1 saturated heterocycles. The summed E-state index contributed by atoms with van der Waals surface area (Å²) in [5.74, 6) is 0.155. The van der Waals surface area contributed by atoms with Gasteiger partial charge in [0.2, 0.25) is 5.91 Å². The van der Waals surface area contributed by atoms with Crippen LogP contribution in [0.1, 0.15) is 23.3 Å². The van der Waals surface area contributed by atoms with Crippen molar-refractivity contribution < 1.29 is 4.79 Å². The summed E-state index contributed by atoms with van der Waals surface area (Å²) < 4.78 is 0.754. The average molecular weight is 453 g/mol. The maximum atomic E-state index is 12.7. The summed E-state index contributed by atoms with van der Waals surface area (Å²) in [6.07, 6.45) is 1.35. The number of aromatic nitrogens is 2. The predicted octanol–water partition coefficient (Wildman–Crippen LogP) is 4.43. The standard InChI is InChI=1S/C19H21ClN4OS3/c1-2-17-21-14(12-26-17)10-23-5-7-24(8-6-23)18(25)9-13-11-27-19(22-13)15-3-4-16(20)28-15/h3-4,11-12H,2,5-10H2,1H3. The first-order valence-electron chi connectivity index (χ1n) is 9.24. The molecule has 4 rings (SSSR count). The monoisotopic (exact) mass is 452 g/mol. The van der Waals surface area contributed by atoms with E-state index in [9.17, 15) is 4.79 Å². The molecule has 1 aliphatic heterocycles. The average Bonchev–Trinajstić information content (AvgIpc) is 3.43. The largest absolute Gasteiger partial charge is 0.340 e. The Morgan fingerprint density at radius 1 is 1.11 bits per heavy atom. The molecule has 0 N–H and O–H groups in total. The number of aryl methyl sites for hydroxylation is 1. The van der Waals surface area contributed by atoms with Gasteiger partial charge in [-0.05, 0) is 18.6 Å². The van der Waals surface area contributed by atoms with E-state index >= 15 is 0 Å². The van der Waals surface area contributed by atoms with E-state index < -0.39 is 0 Å². The Morgan fingerprint density at radius 3 is 2.57 bits per heavy atom. The molecular weight excluding hydrogens is 432 g/mol. The summed E-state index contributed by atoms with van der Waals surface area (Å²) in [6, 6.07) is 3.85. The third-order valence-corrected chi connectivity index (χ3v) is 8.01. The van der Waals surface area contributed by atoms with Crippen molar-refractivity contribution >= 4 is 51.5 Å². The van der Waals surface area contributed by atoms with Crippen molar-refractivity contribution in [3.63, 3.8) is 0 Å². The predicted molar refractivity (Wildman–Crippen MR) is 117 cm³/mol. The zero-order valence-corrected chi connectivity index (χ0v) is 18.8. The van der Waals surface area contributed by atoms with Crippen LogP contribution in [0.25, 0.3) is 9.88 Å². The smallest absolute Gasteiger partial charge is 0.228 e. The van der Waals surface area contributed by atoms with Crippen molar-refractivity contribution in [3.05, 3.63) is 43.6 Å². The van der Waals surface area contributed by atoms with E-state index in [1.807, 2.05) is 22.4 Å². The highest BCUT2D eigenvalue weighted by Crippen LogP contribution is 2.33. The summed E-state index contributed by atoms with van der Waals surface area (Å²) in [5.41, 5.74) is 1.98. The van der Waals surface area contributed by atoms with Crippen molar-refractivity contribution in [2.75, 3.05) is 26.2 Å². The lowest BCUT2D eigenvalue weighted by Crippen LogP contribution is -2.48. The molecule has 0 bridgehead atoms. The molecule has 1 amide bonds. The quantitative estimate of drug-likeness (QED) is 0.555. The van der Waals surface area contributed by atoms with Crippen LogP contribution in [0, 0.1) is 0 Å². The second kappa shape index (κ2) is 9.00. The highest BCUT2D eigenvalue weighted by Gasteiger charge is 2.22. The van der Waals surface area contributed by atoms with Crippen LogP contribution in [0.5, 0.6) is 0 Å². The van der Waals surface area contributed by atoms with Gasteiger partial charge in [0.25, 0.3) is 0 Å².